The fourth-order valence-corrected chi connectivity index (χ4v) is 6.19. The lowest BCUT2D eigenvalue weighted by Gasteiger charge is -2.14. The van der Waals surface area contributed by atoms with Crippen LogP contribution >= 0.6 is 0 Å². The molecular weight excluding hydrogens is 432 g/mol. The maximum Gasteiger partial charge on any atom is 0.215 e. The maximum atomic E-state index is 12.5. The number of fused-ring (bicyclic) bond motifs is 1. The van der Waals surface area contributed by atoms with E-state index in [1.807, 2.05) is 42.5 Å². The van der Waals surface area contributed by atoms with Crippen molar-refractivity contribution in [3.63, 3.8) is 0 Å². The molecule has 7 heteroatoms. The van der Waals surface area contributed by atoms with Gasteiger partial charge in [0.1, 0.15) is 5.82 Å². The number of hydrogen-bond acceptors (Lipinski definition) is 4. The number of nitrogens with one attached hydrogen (secondary N) is 2. The van der Waals surface area contributed by atoms with Crippen LogP contribution in [0.5, 0.6) is 0 Å². The van der Waals surface area contributed by atoms with Gasteiger partial charge in [-0.05, 0) is 55.0 Å². The van der Waals surface area contributed by atoms with E-state index in [0.717, 1.165) is 65.1 Å². The Bertz CT molecular complexity index is 1410. The number of aryl methyl sites for hydroxylation is 1. The van der Waals surface area contributed by atoms with E-state index in [1.54, 1.807) is 12.4 Å². The molecule has 2 aromatic carbocycles. The summed E-state index contributed by atoms with van der Waals surface area (Å²) in [5.41, 5.74) is 7.15. The Hall–Kier alpha value is -3.29. The molecule has 1 saturated carbocycles. The van der Waals surface area contributed by atoms with Crippen LogP contribution in [0.15, 0.2) is 73.1 Å². The van der Waals surface area contributed by atoms with E-state index in [9.17, 15) is 8.42 Å². The van der Waals surface area contributed by atoms with Crippen LogP contribution in [-0.2, 0) is 16.4 Å². The summed E-state index contributed by atoms with van der Waals surface area (Å²) in [7, 11) is -3.22. The first-order valence-corrected chi connectivity index (χ1v) is 12.8. The Labute approximate surface area is 193 Å². The van der Waals surface area contributed by atoms with E-state index in [1.165, 1.54) is 5.56 Å². The molecule has 2 aromatic heterocycles. The molecule has 6 nitrogen and oxygen atoms in total. The number of H-pyrrole nitrogens is 1. The van der Waals surface area contributed by atoms with Crippen LogP contribution in [0.2, 0.25) is 0 Å². The Kier molecular flexibility index (Phi) is 4.89. The number of aromatic amines is 1. The lowest BCUT2D eigenvalue weighted by Crippen LogP contribution is -2.30. The number of nitrogens with zero attached hydrogens (tertiary/aromatic N) is 2. The second kappa shape index (κ2) is 7.93. The molecule has 4 aromatic rings. The monoisotopic (exact) mass is 456 g/mol. The maximum absolute atomic E-state index is 12.5. The van der Waals surface area contributed by atoms with Gasteiger partial charge in [-0.25, -0.2) is 18.1 Å². The highest BCUT2D eigenvalue weighted by Gasteiger charge is 2.38. The summed E-state index contributed by atoms with van der Waals surface area (Å²) < 4.78 is 27.9. The largest absolute Gasteiger partial charge is 0.337 e. The average Bonchev–Trinajstić information content (AvgIpc) is 3.52. The molecule has 6 rings (SSSR count). The van der Waals surface area contributed by atoms with Crippen molar-refractivity contribution in [3.8, 4) is 33.9 Å². The number of rotatable bonds is 6. The topological polar surface area (TPSA) is 87.7 Å². The zero-order valence-electron chi connectivity index (χ0n) is 18.0. The third kappa shape index (κ3) is 3.87. The fraction of sp³-hybridized carbons (Fsp3) is 0.231. The number of hydrogen-bond donors (Lipinski definition) is 2. The van der Waals surface area contributed by atoms with Gasteiger partial charge in [-0.1, -0.05) is 42.5 Å². The van der Waals surface area contributed by atoms with Gasteiger partial charge in [0.2, 0.25) is 10.0 Å². The van der Waals surface area contributed by atoms with Gasteiger partial charge in [0, 0.05) is 35.1 Å². The number of sulfonamides is 1. The second-order valence-corrected chi connectivity index (χ2v) is 10.8. The van der Waals surface area contributed by atoms with Crippen LogP contribution in [0.4, 0.5) is 0 Å². The van der Waals surface area contributed by atoms with Crippen molar-refractivity contribution in [1.29, 1.82) is 0 Å². The fourth-order valence-electron chi connectivity index (χ4n) is 4.60. The molecular formula is C26H24N4O2S. The first-order valence-electron chi connectivity index (χ1n) is 11.3. The lowest BCUT2D eigenvalue weighted by molar-refractivity contribution is 0.553. The van der Waals surface area contributed by atoms with Crippen LogP contribution in [-0.4, -0.2) is 28.6 Å². The van der Waals surface area contributed by atoms with Crippen LogP contribution < -0.4 is 4.72 Å². The van der Waals surface area contributed by atoms with Crippen molar-refractivity contribution in [3.05, 3.63) is 84.2 Å². The Morgan fingerprint density at radius 1 is 0.879 bits per heavy atom. The summed E-state index contributed by atoms with van der Waals surface area (Å²) in [4.78, 5) is 12.6. The zero-order chi connectivity index (χ0) is 22.4. The van der Waals surface area contributed by atoms with E-state index in [-0.39, 0.29) is 11.3 Å². The molecule has 1 unspecified atom stereocenters. The van der Waals surface area contributed by atoms with Crippen molar-refractivity contribution < 1.29 is 8.42 Å². The number of benzene rings is 2. The van der Waals surface area contributed by atoms with Gasteiger partial charge in [0.15, 0.2) is 0 Å². The first kappa shape index (κ1) is 20.3. The molecule has 1 fully saturated rings. The Morgan fingerprint density at radius 3 is 2.42 bits per heavy atom. The minimum absolute atomic E-state index is 0.138. The van der Waals surface area contributed by atoms with Crippen LogP contribution in [0.3, 0.4) is 0 Å². The normalized spacial score (nSPS) is 17.8. The molecule has 2 heterocycles. The summed E-state index contributed by atoms with van der Waals surface area (Å²) in [5.74, 6) is 0.813. The first-order chi connectivity index (χ1) is 16.1. The van der Waals surface area contributed by atoms with Gasteiger partial charge < -0.3 is 4.98 Å². The van der Waals surface area contributed by atoms with Gasteiger partial charge in [-0.3, -0.25) is 4.98 Å². The quantitative estimate of drug-likeness (QED) is 0.433. The van der Waals surface area contributed by atoms with Gasteiger partial charge in [-0.15, -0.1) is 0 Å². The highest BCUT2D eigenvalue weighted by Crippen LogP contribution is 2.39. The third-order valence-corrected chi connectivity index (χ3v) is 8.45. The standard InChI is InChI=1S/C26H24N4O2S/c31-33(32,21-8-9-21)30-23-11-7-19-16-20(6-10-22(19)23)25-24(17-12-14-27-15-13-17)28-26(29-25)18-4-2-1-3-5-18/h1-6,10,12-16,21,23,30H,7-9,11H2,(H,28,29). The van der Waals surface area contributed by atoms with Gasteiger partial charge in [-0.2, -0.15) is 0 Å². The van der Waals surface area contributed by atoms with Gasteiger partial charge in [0.05, 0.1) is 16.6 Å². The molecule has 0 bridgehead atoms. The minimum Gasteiger partial charge on any atom is -0.337 e. The zero-order valence-corrected chi connectivity index (χ0v) is 18.8. The van der Waals surface area contributed by atoms with Crippen LogP contribution in [0.25, 0.3) is 33.9 Å². The molecule has 1 atom stereocenters. The summed E-state index contributed by atoms with van der Waals surface area (Å²) in [6.45, 7) is 0. The van der Waals surface area contributed by atoms with E-state index in [0.29, 0.717) is 0 Å². The molecule has 0 spiro atoms. The smallest absolute Gasteiger partial charge is 0.215 e. The van der Waals surface area contributed by atoms with E-state index < -0.39 is 10.0 Å². The minimum atomic E-state index is -3.22. The van der Waals surface area contributed by atoms with Crippen LogP contribution in [0.1, 0.15) is 36.4 Å². The molecule has 0 saturated heterocycles. The van der Waals surface area contributed by atoms with E-state index >= 15 is 0 Å². The molecule has 0 radical (unpaired) electrons. The predicted molar refractivity (Wildman–Crippen MR) is 129 cm³/mol. The summed E-state index contributed by atoms with van der Waals surface area (Å²) in [6, 6.07) is 20.2. The van der Waals surface area contributed by atoms with Crippen LogP contribution in [0, 0.1) is 0 Å². The van der Waals surface area contributed by atoms with Gasteiger partial charge in [0.25, 0.3) is 0 Å². The molecule has 2 aliphatic rings. The highest BCUT2D eigenvalue weighted by molar-refractivity contribution is 7.90. The molecule has 2 aliphatic carbocycles. The highest BCUT2D eigenvalue weighted by atomic mass is 32.2. The molecule has 0 amide bonds. The van der Waals surface area contributed by atoms with E-state index in [4.69, 9.17) is 4.98 Å². The number of aromatic nitrogens is 3. The average molecular weight is 457 g/mol. The van der Waals surface area contributed by atoms with Crippen molar-refractivity contribution in [2.24, 2.45) is 0 Å². The van der Waals surface area contributed by atoms with Crippen molar-refractivity contribution in [1.82, 2.24) is 19.7 Å². The SMILES string of the molecule is O=S(=O)(NC1CCc2cc(-c3[nH]c(-c4ccccc4)nc3-c3ccncc3)ccc21)C1CC1. The second-order valence-electron chi connectivity index (χ2n) is 8.78. The summed E-state index contributed by atoms with van der Waals surface area (Å²) >= 11 is 0. The van der Waals surface area contributed by atoms with E-state index in [2.05, 4.69) is 32.9 Å². The Morgan fingerprint density at radius 2 is 1.67 bits per heavy atom. The number of imidazole rings is 1. The Balaban J connectivity index is 1.39. The molecule has 0 aliphatic heterocycles. The predicted octanol–water partition coefficient (Wildman–Crippen LogP) is 4.87. The van der Waals surface area contributed by atoms with Crippen molar-refractivity contribution in [2.75, 3.05) is 0 Å². The number of pyridine rings is 1. The summed E-state index contributed by atoms with van der Waals surface area (Å²) in [5, 5.41) is -0.204. The van der Waals surface area contributed by atoms with Crippen molar-refractivity contribution in [2.45, 2.75) is 37.0 Å². The van der Waals surface area contributed by atoms with Crippen molar-refractivity contribution >= 4 is 10.0 Å². The molecule has 33 heavy (non-hydrogen) atoms. The third-order valence-electron chi connectivity index (χ3n) is 6.48. The van der Waals surface area contributed by atoms with Gasteiger partial charge >= 0.3 is 0 Å². The molecule has 2 N–H and O–H groups in total. The lowest BCUT2D eigenvalue weighted by atomic mass is 10.0. The molecule has 166 valence electrons. The summed E-state index contributed by atoms with van der Waals surface area (Å²) in [6.07, 6.45) is 6.74.